The van der Waals surface area contributed by atoms with Gasteiger partial charge >= 0.3 is 0 Å². The van der Waals surface area contributed by atoms with Gasteiger partial charge in [0, 0.05) is 18.0 Å². The molecule has 0 aromatic heterocycles. The first-order valence-electron chi connectivity index (χ1n) is 5.09. The Labute approximate surface area is 116 Å². The molecule has 0 spiro atoms. The van der Waals surface area contributed by atoms with Crippen molar-refractivity contribution in [1.82, 2.24) is 4.90 Å². The highest BCUT2D eigenvalue weighted by atomic mass is 35.5. The zero-order valence-electron chi connectivity index (χ0n) is 9.93. The monoisotopic (exact) mass is 293 g/mol. The maximum atomic E-state index is 12.2. The molecule has 1 rings (SSSR count). The second-order valence-corrected chi connectivity index (χ2v) is 5.55. The van der Waals surface area contributed by atoms with Gasteiger partial charge in [0.1, 0.15) is 0 Å². The van der Waals surface area contributed by atoms with Gasteiger partial charge in [-0.25, -0.2) is 0 Å². The van der Waals surface area contributed by atoms with Crippen LogP contribution in [0.15, 0.2) is 18.2 Å². The number of rotatable bonds is 3. The SMILES string of the molecule is CN(C(=O)c1cc(Cl)ccc1Cl)C(C)(C)CCl. The lowest BCUT2D eigenvalue weighted by atomic mass is 10.0. The minimum absolute atomic E-state index is 0.192. The molecule has 0 N–H and O–H groups in total. The molecule has 0 fully saturated rings. The van der Waals surface area contributed by atoms with Crippen molar-refractivity contribution in [2.75, 3.05) is 12.9 Å². The molecule has 0 bridgehead atoms. The highest BCUT2D eigenvalue weighted by molar-refractivity contribution is 6.35. The maximum absolute atomic E-state index is 12.2. The predicted molar refractivity (Wildman–Crippen MR) is 73.4 cm³/mol. The van der Waals surface area contributed by atoms with Gasteiger partial charge in [-0.05, 0) is 32.0 Å². The van der Waals surface area contributed by atoms with Crippen LogP contribution in [0, 0.1) is 0 Å². The van der Waals surface area contributed by atoms with E-state index in [0.717, 1.165) is 0 Å². The van der Waals surface area contributed by atoms with Gasteiger partial charge < -0.3 is 4.90 Å². The largest absolute Gasteiger partial charge is 0.335 e. The molecule has 0 radical (unpaired) electrons. The fraction of sp³-hybridized carbons (Fsp3) is 0.417. The summed E-state index contributed by atoms with van der Waals surface area (Å²) in [5.41, 5.74) is -0.0514. The van der Waals surface area contributed by atoms with Crippen LogP contribution in [0.5, 0.6) is 0 Å². The molecule has 0 saturated heterocycles. The topological polar surface area (TPSA) is 20.3 Å². The molecule has 1 amide bonds. The zero-order chi connectivity index (χ0) is 13.2. The van der Waals surface area contributed by atoms with Crippen LogP contribution in [-0.4, -0.2) is 29.3 Å². The van der Waals surface area contributed by atoms with Gasteiger partial charge in [0.2, 0.25) is 0 Å². The van der Waals surface area contributed by atoms with Crippen molar-refractivity contribution in [1.29, 1.82) is 0 Å². The van der Waals surface area contributed by atoms with Crippen LogP contribution in [0.4, 0.5) is 0 Å². The van der Waals surface area contributed by atoms with E-state index in [1.807, 2.05) is 13.8 Å². The van der Waals surface area contributed by atoms with Crippen LogP contribution < -0.4 is 0 Å². The predicted octanol–water partition coefficient (Wildman–Crippen LogP) is 4.08. The third-order valence-corrected chi connectivity index (χ3v) is 3.92. The van der Waals surface area contributed by atoms with Gasteiger partial charge in [-0.2, -0.15) is 0 Å². The van der Waals surface area contributed by atoms with Crippen molar-refractivity contribution in [2.45, 2.75) is 19.4 Å². The molecule has 0 aliphatic carbocycles. The van der Waals surface area contributed by atoms with Gasteiger partial charge in [-0.1, -0.05) is 23.2 Å². The summed E-state index contributed by atoms with van der Waals surface area (Å²) >= 11 is 17.7. The van der Waals surface area contributed by atoms with Crippen LogP contribution in [0.1, 0.15) is 24.2 Å². The Hall–Kier alpha value is -0.440. The van der Waals surface area contributed by atoms with Crippen molar-refractivity contribution >= 4 is 40.7 Å². The summed E-state index contributed by atoms with van der Waals surface area (Å²) < 4.78 is 0. The molecule has 1 aromatic rings. The summed E-state index contributed by atoms with van der Waals surface area (Å²) in [6.45, 7) is 3.77. The van der Waals surface area contributed by atoms with E-state index in [9.17, 15) is 4.79 Å². The molecule has 17 heavy (non-hydrogen) atoms. The molecule has 2 nitrogen and oxygen atoms in total. The first kappa shape index (κ1) is 14.6. The number of hydrogen-bond donors (Lipinski definition) is 0. The molecule has 5 heteroatoms. The standard InChI is InChI=1S/C12H14Cl3NO/c1-12(2,7-13)16(3)11(17)9-6-8(14)4-5-10(9)15/h4-6H,7H2,1-3H3. The average molecular weight is 295 g/mol. The number of benzene rings is 1. The smallest absolute Gasteiger partial charge is 0.255 e. The third kappa shape index (κ3) is 3.27. The van der Waals surface area contributed by atoms with Gasteiger partial charge in [0.15, 0.2) is 0 Å². The lowest BCUT2D eigenvalue weighted by Gasteiger charge is -2.34. The van der Waals surface area contributed by atoms with E-state index in [2.05, 4.69) is 0 Å². The van der Waals surface area contributed by atoms with Crippen LogP contribution in [0.2, 0.25) is 10.0 Å². The Balaban J connectivity index is 3.08. The van der Waals surface area contributed by atoms with E-state index >= 15 is 0 Å². The number of alkyl halides is 1. The van der Waals surface area contributed by atoms with Crippen LogP contribution in [0.3, 0.4) is 0 Å². The summed E-state index contributed by atoms with van der Waals surface area (Å²) in [6, 6.07) is 4.82. The Morgan fingerprint density at radius 1 is 1.35 bits per heavy atom. The van der Waals surface area contributed by atoms with Gasteiger partial charge in [0.25, 0.3) is 5.91 Å². The normalized spacial score (nSPS) is 11.4. The Bertz CT molecular complexity index is 432. The fourth-order valence-electron chi connectivity index (χ4n) is 1.21. The average Bonchev–Trinajstić information content (AvgIpc) is 2.30. The molecule has 1 aromatic carbocycles. The lowest BCUT2D eigenvalue weighted by Crippen LogP contribution is -2.46. The van der Waals surface area contributed by atoms with E-state index in [4.69, 9.17) is 34.8 Å². The van der Waals surface area contributed by atoms with Crippen molar-refractivity contribution < 1.29 is 4.79 Å². The summed E-state index contributed by atoms with van der Waals surface area (Å²) in [5.74, 6) is 0.149. The summed E-state index contributed by atoms with van der Waals surface area (Å²) in [6.07, 6.45) is 0. The van der Waals surface area contributed by atoms with Gasteiger partial charge in [-0.3, -0.25) is 4.79 Å². The van der Waals surface area contributed by atoms with Crippen molar-refractivity contribution in [2.24, 2.45) is 0 Å². The van der Waals surface area contributed by atoms with E-state index in [1.54, 1.807) is 30.1 Å². The highest BCUT2D eigenvalue weighted by Crippen LogP contribution is 2.24. The molecule has 0 saturated carbocycles. The van der Waals surface area contributed by atoms with Crippen molar-refractivity contribution in [3.63, 3.8) is 0 Å². The molecule has 0 heterocycles. The van der Waals surface area contributed by atoms with E-state index in [1.165, 1.54) is 0 Å². The highest BCUT2D eigenvalue weighted by Gasteiger charge is 2.28. The number of carbonyl (C=O) groups is 1. The quantitative estimate of drug-likeness (QED) is 0.769. The molecule has 0 aliphatic rings. The first-order valence-corrected chi connectivity index (χ1v) is 6.38. The fourth-order valence-corrected chi connectivity index (χ4v) is 1.76. The molecular weight excluding hydrogens is 280 g/mol. The minimum atomic E-state index is -0.440. The van der Waals surface area contributed by atoms with Crippen molar-refractivity contribution in [3.8, 4) is 0 Å². The number of carbonyl (C=O) groups excluding carboxylic acids is 1. The molecule has 0 unspecified atom stereocenters. The second-order valence-electron chi connectivity index (χ2n) is 4.43. The summed E-state index contributed by atoms with van der Waals surface area (Å²) in [5, 5.41) is 0.867. The molecule has 0 atom stereocenters. The third-order valence-electron chi connectivity index (χ3n) is 2.70. The van der Waals surface area contributed by atoms with E-state index < -0.39 is 5.54 Å². The first-order chi connectivity index (χ1) is 7.79. The lowest BCUT2D eigenvalue weighted by molar-refractivity contribution is 0.0660. The number of halogens is 3. The number of amides is 1. The van der Waals surface area contributed by atoms with Crippen LogP contribution >= 0.6 is 34.8 Å². The molecular formula is C12H14Cl3NO. The Morgan fingerprint density at radius 2 is 1.94 bits per heavy atom. The van der Waals surface area contributed by atoms with Gasteiger partial charge in [0.05, 0.1) is 16.1 Å². The minimum Gasteiger partial charge on any atom is -0.335 e. The van der Waals surface area contributed by atoms with E-state index in [-0.39, 0.29) is 5.91 Å². The number of nitrogens with zero attached hydrogens (tertiary/aromatic N) is 1. The second kappa shape index (κ2) is 5.47. The molecule has 94 valence electrons. The number of hydrogen-bond acceptors (Lipinski definition) is 1. The summed E-state index contributed by atoms with van der Waals surface area (Å²) in [7, 11) is 1.70. The Morgan fingerprint density at radius 3 is 2.47 bits per heavy atom. The Kier molecular flexibility index (Phi) is 4.70. The van der Waals surface area contributed by atoms with Crippen LogP contribution in [-0.2, 0) is 0 Å². The van der Waals surface area contributed by atoms with E-state index in [0.29, 0.717) is 21.5 Å². The maximum Gasteiger partial charge on any atom is 0.255 e. The summed E-state index contributed by atoms with van der Waals surface area (Å²) in [4.78, 5) is 13.8. The van der Waals surface area contributed by atoms with Crippen LogP contribution in [0.25, 0.3) is 0 Å². The van der Waals surface area contributed by atoms with Crippen molar-refractivity contribution in [3.05, 3.63) is 33.8 Å². The van der Waals surface area contributed by atoms with Gasteiger partial charge in [-0.15, -0.1) is 11.6 Å². The molecule has 0 aliphatic heterocycles. The zero-order valence-corrected chi connectivity index (χ0v) is 12.2.